The van der Waals surface area contributed by atoms with E-state index in [0.29, 0.717) is 24.3 Å². The summed E-state index contributed by atoms with van der Waals surface area (Å²) in [6, 6.07) is 11.0. The fourth-order valence-corrected chi connectivity index (χ4v) is 3.95. The maximum atomic E-state index is 13.0. The van der Waals surface area contributed by atoms with E-state index in [1.165, 1.54) is 0 Å². The Morgan fingerprint density at radius 3 is 2.46 bits per heavy atom. The molecule has 2 N–H and O–H groups in total. The number of aryl methyl sites for hydroxylation is 1. The van der Waals surface area contributed by atoms with Crippen LogP contribution in [0.3, 0.4) is 0 Å². The normalized spacial score (nSPS) is 19.5. The van der Waals surface area contributed by atoms with Crippen LogP contribution < -0.4 is 5.73 Å². The van der Waals surface area contributed by atoms with Crippen LogP contribution >= 0.6 is 0 Å². The first kappa shape index (κ1) is 18.2. The van der Waals surface area contributed by atoms with Gasteiger partial charge in [-0.1, -0.05) is 42.3 Å². The quantitative estimate of drug-likeness (QED) is 0.686. The van der Waals surface area contributed by atoms with Crippen LogP contribution in [0.4, 0.5) is 0 Å². The number of nitrogens with zero attached hydrogens (tertiary/aromatic N) is 3. The molecule has 7 heteroatoms. The number of amides is 1. The number of ketones is 1. The summed E-state index contributed by atoms with van der Waals surface area (Å²) in [6.45, 7) is 1.85. The largest absolute Gasteiger partial charge is 0.369 e. The average Bonchev–Trinajstić information content (AvgIpc) is 3.36. The predicted molar refractivity (Wildman–Crippen MR) is 103 cm³/mol. The number of rotatable bonds is 5. The van der Waals surface area contributed by atoms with Gasteiger partial charge in [-0.25, -0.2) is 0 Å². The number of nitrogens with two attached hydrogens (primary N) is 1. The van der Waals surface area contributed by atoms with Crippen LogP contribution in [0.2, 0.25) is 0 Å². The average molecular weight is 378 g/mol. The highest BCUT2D eigenvalue weighted by Gasteiger charge is 2.34. The molecule has 0 saturated heterocycles. The van der Waals surface area contributed by atoms with Gasteiger partial charge in [-0.3, -0.25) is 9.59 Å². The van der Waals surface area contributed by atoms with E-state index in [0.717, 1.165) is 29.8 Å². The molecule has 2 unspecified atom stereocenters. The number of carbonyl (C=O) groups excluding carboxylic acids is 2. The molecular weight excluding hydrogens is 356 g/mol. The van der Waals surface area contributed by atoms with Crippen molar-refractivity contribution in [3.8, 4) is 17.1 Å². The van der Waals surface area contributed by atoms with E-state index in [9.17, 15) is 9.59 Å². The molecule has 144 valence electrons. The zero-order chi connectivity index (χ0) is 19.7. The van der Waals surface area contributed by atoms with Crippen molar-refractivity contribution in [3.63, 3.8) is 0 Å². The first-order chi connectivity index (χ1) is 13.5. The number of carbonyl (C=O) groups is 2. The summed E-state index contributed by atoms with van der Waals surface area (Å²) in [7, 11) is 0. The molecule has 0 radical (unpaired) electrons. The first-order valence-electron chi connectivity index (χ1n) is 9.46. The molecule has 0 bridgehead atoms. The Labute approximate surface area is 162 Å². The van der Waals surface area contributed by atoms with Gasteiger partial charge in [-0.05, 0) is 25.8 Å². The van der Waals surface area contributed by atoms with Crippen molar-refractivity contribution < 1.29 is 14.1 Å². The zero-order valence-corrected chi connectivity index (χ0v) is 15.7. The smallest absolute Gasteiger partial charge is 0.252 e. The number of hydrogen-bond donors (Lipinski definition) is 1. The van der Waals surface area contributed by atoms with Gasteiger partial charge in [0.1, 0.15) is 0 Å². The van der Waals surface area contributed by atoms with Crippen molar-refractivity contribution in [2.45, 2.75) is 32.6 Å². The molecule has 1 aliphatic rings. The minimum atomic E-state index is -0.374. The Balaban J connectivity index is 1.59. The Bertz CT molecular complexity index is 1000. The molecule has 4 rings (SSSR count). The highest BCUT2D eigenvalue weighted by Crippen LogP contribution is 2.33. The van der Waals surface area contributed by atoms with Crippen LogP contribution in [-0.4, -0.2) is 26.6 Å². The van der Waals surface area contributed by atoms with Crippen molar-refractivity contribution in [1.29, 1.82) is 0 Å². The van der Waals surface area contributed by atoms with E-state index in [-0.39, 0.29) is 23.5 Å². The number of primary amides is 1. The van der Waals surface area contributed by atoms with Crippen LogP contribution in [0.15, 0.2) is 47.1 Å². The summed E-state index contributed by atoms with van der Waals surface area (Å²) in [4.78, 5) is 24.7. The van der Waals surface area contributed by atoms with Gasteiger partial charge < -0.3 is 10.3 Å². The lowest BCUT2D eigenvalue weighted by Crippen LogP contribution is -2.36. The molecule has 1 saturated carbocycles. The summed E-state index contributed by atoms with van der Waals surface area (Å²) in [5.41, 5.74) is 8.63. The molecule has 2 atom stereocenters. The standard InChI is InChI=1S/C21H22N4O3/c1-13-12-19(28-24-13)25-18(10-11-23-25)14-6-8-15(9-7-14)20(26)16-4-2-3-5-17(16)21(22)27/h6-12,16-17H,2-5H2,1H3,(H2,22,27). The summed E-state index contributed by atoms with van der Waals surface area (Å²) in [5, 5.41) is 8.20. The topological polar surface area (TPSA) is 104 Å². The van der Waals surface area contributed by atoms with Crippen molar-refractivity contribution in [2.75, 3.05) is 0 Å². The molecule has 7 nitrogen and oxygen atoms in total. The summed E-state index contributed by atoms with van der Waals surface area (Å²) in [5.74, 6) is -0.531. The lowest BCUT2D eigenvalue weighted by molar-refractivity contribution is -0.123. The van der Waals surface area contributed by atoms with Crippen LogP contribution in [-0.2, 0) is 4.79 Å². The maximum absolute atomic E-state index is 13.0. The van der Waals surface area contributed by atoms with Crippen LogP contribution in [0.25, 0.3) is 17.1 Å². The number of aromatic nitrogens is 3. The summed E-state index contributed by atoms with van der Waals surface area (Å²) >= 11 is 0. The van der Waals surface area contributed by atoms with E-state index in [2.05, 4.69) is 10.3 Å². The zero-order valence-electron chi connectivity index (χ0n) is 15.7. The van der Waals surface area contributed by atoms with E-state index < -0.39 is 0 Å². The van der Waals surface area contributed by atoms with Crippen LogP contribution in [0, 0.1) is 18.8 Å². The molecule has 3 aromatic rings. The number of hydrogen-bond acceptors (Lipinski definition) is 5. The fourth-order valence-electron chi connectivity index (χ4n) is 3.95. The first-order valence-corrected chi connectivity index (χ1v) is 9.46. The van der Waals surface area contributed by atoms with Gasteiger partial charge in [0.05, 0.1) is 17.6 Å². The van der Waals surface area contributed by atoms with E-state index >= 15 is 0 Å². The second-order valence-electron chi connectivity index (χ2n) is 7.28. The molecular formula is C21H22N4O3. The minimum absolute atomic E-state index is 0.00517. The predicted octanol–water partition coefficient (Wildman–Crippen LogP) is 3.31. The van der Waals surface area contributed by atoms with Crippen molar-refractivity contribution in [2.24, 2.45) is 17.6 Å². The molecule has 28 heavy (non-hydrogen) atoms. The molecule has 0 spiro atoms. The van der Waals surface area contributed by atoms with Gasteiger partial charge >= 0.3 is 0 Å². The third-order valence-corrected chi connectivity index (χ3v) is 5.40. The second-order valence-corrected chi connectivity index (χ2v) is 7.28. The van der Waals surface area contributed by atoms with E-state index in [1.807, 2.05) is 25.1 Å². The second kappa shape index (κ2) is 7.42. The van der Waals surface area contributed by atoms with Gasteiger partial charge in [0.15, 0.2) is 5.78 Å². The van der Waals surface area contributed by atoms with Gasteiger partial charge in [-0.15, -0.1) is 0 Å². The third-order valence-electron chi connectivity index (χ3n) is 5.40. The molecule has 1 aliphatic carbocycles. The Kier molecular flexibility index (Phi) is 4.81. The molecule has 2 aromatic heterocycles. The number of benzene rings is 1. The van der Waals surface area contributed by atoms with Crippen molar-refractivity contribution >= 4 is 11.7 Å². The van der Waals surface area contributed by atoms with Crippen molar-refractivity contribution in [1.82, 2.24) is 14.9 Å². The molecule has 1 amide bonds. The van der Waals surface area contributed by atoms with Crippen LogP contribution in [0.5, 0.6) is 0 Å². The lowest BCUT2D eigenvalue weighted by Gasteiger charge is -2.28. The van der Waals surface area contributed by atoms with E-state index in [1.54, 1.807) is 29.1 Å². The van der Waals surface area contributed by atoms with E-state index in [4.69, 9.17) is 10.3 Å². The van der Waals surface area contributed by atoms with Gasteiger partial charge in [0.2, 0.25) is 5.91 Å². The SMILES string of the molecule is Cc1cc(-n2nccc2-c2ccc(C(=O)C3CCCCC3C(N)=O)cc2)on1. The Hall–Kier alpha value is -3.22. The lowest BCUT2D eigenvalue weighted by atomic mass is 9.75. The number of Topliss-reactive ketones (excluding diaryl/α,β-unsaturated/α-hetero) is 1. The molecule has 1 fully saturated rings. The third kappa shape index (κ3) is 3.35. The van der Waals surface area contributed by atoms with Gasteiger partial charge in [-0.2, -0.15) is 9.78 Å². The Morgan fingerprint density at radius 2 is 1.82 bits per heavy atom. The van der Waals surface area contributed by atoms with Gasteiger partial charge in [0, 0.05) is 29.0 Å². The Morgan fingerprint density at radius 1 is 1.11 bits per heavy atom. The maximum Gasteiger partial charge on any atom is 0.252 e. The molecule has 0 aliphatic heterocycles. The van der Waals surface area contributed by atoms with Gasteiger partial charge in [0.25, 0.3) is 5.88 Å². The summed E-state index contributed by atoms with van der Waals surface area (Å²) < 4.78 is 6.97. The highest BCUT2D eigenvalue weighted by molar-refractivity contribution is 6.00. The summed E-state index contributed by atoms with van der Waals surface area (Å²) in [6.07, 6.45) is 4.99. The highest BCUT2D eigenvalue weighted by atomic mass is 16.5. The van der Waals surface area contributed by atoms with Crippen LogP contribution in [0.1, 0.15) is 41.7 Å². The fraction of sp³-hybridized carbons (Fsp3) is 0.333. The monoisotopic (exact) mass is 378 g/mol. The minimum Gasteiger partial charge on any atom is -0.369 e. The molecule has 1 aromatic carbocycles. The molecule has 2 heterocycles. The van der Waals surface area contributed by atoms with Crippen molar-refractivity contribution in [3.05, 3.63) is 53.9 Å².